The Morgan fingerprint density at radius 2 is 1.80 bits per heavy atom. The lowest BCUT2D eigenvalue weighted by Crippen LogP contribution is -2.55. The molecule has 2 amide bonds. The fraction of sp³-hybridized carbons (Fsp3) is 0.276. The first-order valence-electron chi connectivity index (χ1n) is 12.7. The van der Waals surface area contributed by atoms with Crippen LogP contribution in [-0.2, 0) is 22.2 Å². The van der Waals surface area contributed by atoms with Gasteiger partial charge in [-0.2, -0.15) is 18.4 Å². The van der Waals surface area contributed by atoms with E-state index >= 15 is 0 Å². The Bertz CT molecular complexity index is 1500. The second-order valence-corrected chi connectivity index (χ2v) is 10.1. The summed E-state index contributed by atoms with van der Waals surface area (Å²) in [6.45, 7) is 0. The number of anilines is 3. The summed E-state index contributed by atoms with van der Waals surface area (Å²) in [4.78, 5) is 32.3. The fourth-order valence-electron chi connectivity index (χ4n) is 5.10. The van der Waals surface area contributed by atoms with E-state index in [9.17, 15) is 22.8 Å². The van der Waals surface area contributed by atoms with Crippen molar-refractivity contribution in [2.75, 3.05) is 15.1 Å². The fourth-order valence-corrected chi connectivity index (χ4v) is 5.57. The van der Waals surface area contributed by atoms with Crippen LogP contribution in [0.5, 0.6) is 0 Å². The number of amides is 2. The maximum atomic E-state index is 13.6. The lowest BCUT2D eigenvalue weighted by molar-refractivity contribution is -0.138. The van der Waals surface area contributed by atoms with Crippen LogP contribution in [0.1, 0.15) is 48.9 Å². The zero-order chi connectivity index (χ0) is 28.5. The van der Waals surface area contributed by atoms with Gasteiger partial charge in [0.25, 0.3) is 5.91 Å². The van der Waals surface area contributed by atoms with Crippen molar-refractivity contribution in [3.63, 3.8) is 0 Å². The smallest absolute Gasteiger partial charge is 0.326 e. The third-order valence-electron chi connectivity index (χ3n) is 7.26. The van der Waals surface area contributed by atoms with E-state index in [0.29, 0.717) is 37.8 Å². The van der Waals surface area contributed by atoms with E-state index < -0.39 is 28.9 Å². The molecule has 1 N–H and O–H groups in total. The Morgan fingerprint density at radius 3 is 2.40 bits per heavy atom. The Hall–Kier alpha value is -4.30. The minimum Gasteiger partial charge on any atom is -0.326 e. The van der Waals surface area contributed by atoms with Crippen LogP contribution in [0, 0.1) is 11.3 Å². The molecule has 2 aromatic carbocycles. The number of carbonyl (C=O) groups excluding carboxylic acids is 2. The normalized spacial score (nSPS) is 16.1. The Labute approximate surface area is 234 Å². The first-order chi connectivity index (χ1) is 19.1. The van der Waals surface area contributed by atoms with Gasteiger partial charge >= 0.3 is 6.18 Å². The van der Waals surface area contributed by atoms with Crippen LogP contribution >= 0.6 is 12.2 Å². The maximum absolute atomic E-state index is 13.6. The molecule has 1 saturated carbocycles. The van der Waals surface area contributed by atoms with Crippen molar-refractivity contribution in [2.45, 2.75) is 50.2 Å². The molecule has 3 aromatic rings. The highest BCUT2D eigenvalue weighted by Gasteiger charge is 2.59. The summed E-state index contributed by atoms with van der Waals surface area (Å²) in [5, 5.41) is 12.0. The van der Waals surface area contributed by atoms with Gasteiger partial charge in [0.1, 0.15) is 11.6 Å². The number of carbonyl (C=O) groups is 2. The highest BCUT2D eigenvalue weighted by atomic mass is 32.1. The van der Waals surface area contributed by atoms with Crippen molar-refractivity contribution in [3.05, 3.63) is 83.7 Å². The third kappa shape index (κ3) is 5.02. The lowest BCUT2D eigenvalue weighted by atomic mass is 9.75. The van der Waals surface area contributed by atoms with Crippen LogP contribution in [-0.4, -0.2) is 27.4 Å². The second-order valence-electron chi connectivity index (χ2n) is 9.78. The van der Waals surface area contributed by atoms with Crippen molar-refractivity contribution in [1.29, 1.82) is 5.26 Å². The number of nitriles is 1. The standard InChI is InChI=1S/C29H24F3N5O2S/c30-29(31,32)23-16-22(18-34-24(23)17-33)36-26(39)28(14-5-15-28)37(27(36)40)21-12-10-19(11-13-21)6-4-9-25(38)35-20-7-2-1-3-8-20/h1-3,7-8,10-13,16,18H,4-6,9,14-15H2,(H,35,38). The zero-order valence-electron chi connectivity index (χ0n) is 21.2. The molecule has 0 unspecified atom stereocenters. The molecule has 0 atom stereocenters. The number of nitrogens with one attached hydrogen (secondary N) is 1. The van der Waals surface area contributed by atoms with Gasteiger partial charge in [-0.25, -0.2) is 4.98 Å². The quantitative estimate of drug-likeness (QED) is 0.355. The molecule has 1 aliphatic heterocycles. The van der Waals surface area contributed by atoms with Gasteiger partial charge in [0.05, 0.1) is 17.4 Å². The molecule has 2 heterocycles. The van der Waals surface area contributed by atoms with E-state index in [1.165, 1.54) is 6.07 Å². The van der Waals surface area contributed by atoms with Crippen LogP contribution in [0.4, 0.5) is 30.2 Å². The molecule has 1 spiro atoms. The van der Waals surface area contributed by atoms with Crippen molar-refractivity contribution in [2.24, 2.45) is 0 Å². The summed E-state index contributed by atoms with van der Waals surface area (Å²) in [5.74, 6) is -0.473. The largest absolute Gasteiger partial charge is 0.419 e. The summed E-state index contributed by atoms with van der Waals surface area (Å²) in [5.41, 5.74) is -0.676. The zero-order valence-corrected chi connectivity index (χ0v) is 22.1. The summed E-state index contributed by atoms with van der Waals surface area (Å²) < 4.78 is 40.7. The van der Waals surface area contributed by atoms with E-state index in [2.05, 4.69) is 10.3 Å². The number of benzene rings is 2. The third-order valence-corrected chi connectivity index (χ3v) is 7.62. The average Bonchev–Trinajstić information content (AvgIpc) is 3.15. The summed E-state index contributed by atoms with van der Waals surface area (Å²) >= 11 is 5.65. The topological polar surface area (TPSA) is 89.3 Å². The first kappa shape index (κ1) is 27.3. The summed E-state index contributed by atoms with van der Waals surface area (Å²) in [6.07, 6.45) is -0.272. The van der Waals surface area contributed by atoms with Crippen molar-refractivity contribution in [1.82, 2.24) is 4.98 Å². The van der Waals surface area contributed by atoms with Crippen LogP contribution in [0.2, 0.25) is 0 Å². The first-order valence-corrected chi connectivity index (χ1v) is 13.1. The van der Waals surface area contributed by atoms with E-state index in [1.807, 2.05) is 54.6 Å². The van der Waals surface area contributed by atoms with Gasteiger partial charge in [-0.3, -0.25) is 14.5 Å². The molecule has 2 fully saturated rings. The molecule has 2 aliphatic rings. The summed E-state index contributed by atoms with van der Waals surface area (Å²) in [7, 11) is 0. The lowest BCUT2D eigenvalue weighted by Gasteiger charge is -2.43. The molecule has 204 valence electrons. The SMILES string of the molecule is N#Cc1ncc(N2C(=O)C3(CCC3)N(c3ccc(CCCC(=O)Nc4ccccc4)cc3)C2=S)cc1C(F)(F)F. The molecule has 7 nitrogen and oxygen atoms in total. The number of rotatable bonds is 7. The number of halogens is 3. The van der Waals surface area contributed by atoms with Crippen LogP contribution < -0.4 is 15.1 Å². The van der Waals surface area contributed by atoms with Gasteiger partial charge in [0.2, 0.25) is 5.91 Å². The Kier molecular flexibility index (Phi) is 7.29. The van der Waals surface area contributed by atoms with Crippen molar-refractivity contribution in [3.8, 4) is 6.07 Å². The van der Waals surface area contributed by atoms with E-state index in [0.717, 1.165) is 34.8 Å². The molecular weight excluding hydrogens is 539 g/mol. The van der Waals surface area contributed by atoms with Gasteiger partial charge in [0, 0.05) is 17.8 Å². The van der Waals surface area contributed by atoms with Gasteiger partial charge < -0.3 is 10.2 Å². The predicted molar refractivity (Wildman–Crippen MR) is 148 cm³/mol. The van der Waals surface area contributed by atoms with Gasteiger partial charge in [-0.05, 0) is 80.2 Å². The van der Waals surface area contributed by atoms with Gasteiger partial charge in [-0.15, -0.1) is 0 Å². The number of hydrogen-bond donors (Lipinski definition) is 1. The minimum atomic E-state index is -4.82. The Balaban J connectivity index is 1.31. The number of alkyl halides is 3. The molecule has 1 aliphatic carbocycles. The van der Waals surface area contributed by atoms with Crippen molar-refractivity contribution >= 4 is 46.2 Å². The Morgan fingerprint density at radius 1 is 1.10 bits per heavy atom. The second kappa shape index (κ2) is 10.7. The number of thiocarbonyl (C=S) groups is 1. The molecule has 1 saturated heterocycles. The van der Waals surface area contributed by atoms with E-state index in [1.54, 1.807) is 4.90 Å². The number of pyridine rings is 1. The van der Waals surface area contributed by atoms with Gasteiger partial charge in [-0.1, -0.05) is 30.3 Å². The number of para-hydroxylation sites is 1. The monoisotopic (exact) mass is 563 g/mol. The van der Waals surface area contributed by atoms with E-state index in [4.69, 9.17) is 17.5 Å². The summed E-state index contributed by atoms with van der Waals surface area (Å²) in [6, 6.07) is 18.9. The molecule has 0 bridgehead atoms. The average molecular weight is 564 g/mol. The molecule has 11 heteroatoms. The minimum absolute atomic E-state index is 0.0645. The van der Waals surface area contributed by atoms with Gasteiger partial charge in [0.15, 0.2) is 10.8 Å². The number of hydrogen-bond acceptors (Lipinski definition) is 5. The number of aromatic nitrogens is 1. The molecular formula is C29H24F3N5O2S. The van der Waals surface area contributed by atoms with Crippen LogP contribution in [0.25, 0.3) is 0 Å². The highest BCUT2D eigenvalue weighted by Crippen LogP contribution is 2.48. The van der Waals surface area contributed by atoms with Crippen molar-refractivity contribution < 1.29 is 22.8 Å². The molecule has 0 radical (unpaired) electrons. The predicted octanol–water partition coefficient (Wildman–Crippen LogP) is 5.99. The highest BCUT2D eigenvalue weighted by molar-refractivity contribution is 7.81. The molecule has 1 aromatic heterocycles. The molecule has 5 rings (SSSR count). The van der Waals surface area contributed by atoms with Crippen LogP contribution in [0.3, 0.4) is 0 Å². The molecule has 40 heavy (non-hydrogen) atoms. The number of nitrogens with zero attached hydrogens (tertiary/aromatic N) is 4. The van der Waals surface area contributed by atoms with Crippen LogP contribution in [0.15, 0.2) is 66.9 Å². The maximum Gasteiger partial charge on any atom is 0.419 e. The van der Waals surface area contributed by atoms with E-state index in [-0.39, 0.29) is 16.7 Å². The number of aryl methyl sites for hydroxylation is 1.